The molecule has 0 aromatic heterocycles. The number of carboxylic acids is 1. The average Bonchev–Trinajstić information content (AvgIpc) is 2.39. The van der Waals surface area contributed by atoms with Crippen LogP contribution in [0.3, 0.4) is 0 Å². The molecule has 1 saturated heterocycles. The summed E-state index contributed by atoms with van der Waals surface area (Å²) in [6.45, 7) is 5.57. The number of nitrogens with zero attached hydrogens (tertiary/aromatic N) is 2. The molecule has 6 nitrogen and oxygen atoms in total. The number of amides is 2. The zero-order valence-corrected chi connectivity index (χ0v) is 11.8. The molecule has 6 heteroatoms. The monoisotopic (exact) mass is 272 g/mol. The Kier molecular flexibility index (Phi) is 5.60. The fraction of sp³-hybridized carbons (Fsp3) is 0.846. The molecule has 0 spiro atoms. The van der Waals surface area contributed by atoms with E-state index in [1.807, 2.05) is 6.92 Å². The van der Waals surface area contributed by atoms with Crippen LogP contribution in [0.2, 0.25) is 0 Å². The van der Waals surface area contributed by atoms with E-state index in [2.05, 4.69) is 0 Å². The molecule has 1 aliphatic rings. The van der Waals surface area contributed by atoms with Crippen molar-refractivity contribution in [3.63, 3.8) is 0 Å². The minimum Gasteiger partial charge on any atom is -0.481 e. The van der Waals surface area contributed by atoms with Gasteiger partial charge in [-0.3, -0.25) is 4.79 Å². The minimum absolute atomic E-state index is 0.0522. The first-order valence-electron chi connectivity index (χ1n) is 6.82. The van der Waals surface area contributed by atoms with Crippen LogP contribution in [0.5, 0.6) is 0 Å². The summed E-state index contributed by atoms with van der Waals surface area (Å²) in [5.41, 5.74) is -0.843. The van der Waals surface area contributed by atoms with Gasteiger partial charge in [0.05, 0.1) is 5.41 Å². The van der Waals surface area contributed by atoms with Gasteiger partial charge in [-0.1, -0.05) is 0 Å². The number of urea groups is 1. The van der Waals surface area contributed by atoms with Crippen LogP contribution in [0.25, 0.3) is 0 Å². The summed E-state index contributed by atoms with van der Waals surface area (Å²) in [7, 11) is 0. The highest BCUT2D eigenvalue weighted by molar-refractivity contribution is 5.78. The van der Waals surface area contributed by atoms with Gasteiger partial charge in [-0.2, -0.15) is 0 Å². The number of hydrogen-bond acceptors (Lipinski definition) is 3. The van der Waals surface area contributed by atoms with E-state index in [-0.39, 0.29) is 19.2 Å². The second kappa shape index (κ2) is 6.75. The third-order valence-corrected chi connectivity index (χ3v) is 3.72. The van der Waals surface area contributed by atoms with E-state index in [1.54, 1.807) is 16.7 Å². The van der Waals surface area contributed by atoms with Crippen LogP contribution in [-0.2, 0) is 4.79 Å². The van der Waals surface area contributed by atoms with Crippen molar-refractivity contribution in [2.45, 2.75) is 33.1 Å². The van der Waals surface area contributed by atoms with Gasteiger partial charge in [0, 0.05) is 32.8 Å². The summed E-state index contributed by atoms with van der Waals surface area (Å²) in [5, 5.41) is 18.1. The molecular formula is C13H24N2O4. The number of carbonyl (C=O) groups is 2. The lowest BCUT2D eigenvalue weighted by molar-refractivity contribution is -0.150. The Balaban J connectivity index is 2.67. The third kappa shape index (κ3) is 3.83. The molecule has 1 rings (SSSR count). The number of hydrogen-bond donors (Lipinski definition) is 2. The van der Waals surface area contributed by atoms with Gasteiger partial charge in [0.25, 0.3) is 0 Å². The molecular weight excluding hydrogens is 248 g/mol. The molecule has 110 valence electrons. The molecule has 0 saturated carbocycles. The molecule has 0 aliphatic carbocycles. The number of piperidine rings is 1. The maximum atomic E-state index is 12.3. The predicted molar refractivity (Wildman–Crippen MR) is 70.9 cm³/mol. The van der Waals surface area contributed by atoms with Gasteiger partial charge in [0.15, 0.2) is 0 Å². The third-order valence-electron chi connectivity index (χ3n) is 3.72. The Bertz CT molecular complexity index is 335. The maximum absolute atomic E-state index is 12.3. The second-order valence-electron chi connectivity index (χ2n) is 5.33. The van der Waals surface area contributed by atoms with Crippen molar-refractivity contribution >= 4 is 12.0 Å². The number of carbonyl (C=O) groups excluding carboxylic acids is 1. The number of aliphatic hydroxyl groups is 1. The molecule has 0 aromatic rings. The van der Waals surface area contributed by atoms with Crippen molar-refractivity contribution in [2.24, 2.45) is 5.41 Å². The van der Waals surface area contributed by atoms with E-state index in [9.17, 15) is 14.7 Å². The van der Waals surface area contributed by atoms with Crippen LogP contribution in [-0.4, -0.2) is 64.8 Å². The summed E-state index contributed by atoms with van der Waals surface area (Å²) in [4.78, 5) is 26.9. The van der Waals surface area contributed by atoms with E-state index < -0.39 is 11.4 Å². The molecule has 19 heavy (non-hydrogen) atoms. The number of likely N-dealkylation sites (tertiary alicyclic amines) is 1. The van der Waals surface area contributed by atoms with Crippen LogP contribution in [0.4, 0.5) is 4.79 Å². The number of aliphatic carboxylic acids is 1. The van der Waals surface area contributed by atoms with Gasteiger partial charge < -0.3 is 20.0 Å². The number of rotatable bonds is 5. The van der Waals surface area contributed by atoms with E-state index in [1.165, 1.54) is 0 Å². The highest BCUT2D eigenvalue weighted by Gasteiger charge is 2.40. The van der Waals surface area contributed by atoms with Crippen LogP contribution in [0.15, 0.2) is 0 Å². The van der Waals surface area contributed by atoms with E-state index in [4.69, 9.17) is 5.11 Å². The fourth-order valence-electron chi connectivity index (χ4n) is 2.43. The van der Waals surface area contributed by atoms with Crippen LogP contribution >= 0.6 is 0 Å². The Morgan fingerprint density at radius 2 is 2.11 bits per heavy atom. The number of aliphatic hydroxyl groups excluding tert-OH is 1. The quantitative estimate of drug-likeness (QED) is 0.782. The molecule has 2 N–H and O–H groups in total. The summed E-state index contributed by atoms with van der Waals surface area (Å²) >= 11 is 0. The first-order valence-corrected chi connectivity index (χ1v) is 6.82. The van der Waals surface area contributed by atoms with Crippen molar-refractivity contribution in [3.05, 3.63) is 0 Å². The molecule has 2 amide bonds. The van der Waals surface area contributed by atoms with Gasteiger partial charge in [0.2, 0.25) is 0 Å². The highest BCUT2D eigenvalue weighted by Crippen LogP contribution is 2.30. The van der Waals surface area contributed by atoms with Crippen molar-refractivity contribution in [1.29, 1.82) is 0 Å². The molecule has 0 aromatic carbocycles. The Hall–Kier alpha value is -1.30. The van der Waals surface area contributed by atoms with Gasteiger partial charge in [-0.15, -0.1) is 0 Å². The molecule has 0 bridgehead atoms. The smallest absolute Gasteiger partial charge is 0.320 e. The Morgan fingerprint density at radius 1 is 1.42 bits per heavy atom. The molecule has 1 heterocycles. The van der Waals surface area contributed by atoms with Crippen LogP contribution < -0.4 is 0 Å². The lowest BCUT2D eigenvalue weighted by Gasteiger charge is -2.39. The summed E-state index contributed by atoms with van der Waals surface area (Å²) in [6.07, 6.45) is 1.87. The zero-order valence-electron chi connectivity index (χ0n) is 11.8. The fourth-order valence-corrected chi connectivity index (χ4v) is 2.43. The highest BCUT2D eigenvalue weighted by atomic mass is 16.4. The second-order valence-corrected chi connectivity index (χ2v) is 5.33. The molecule has 1 fully saturated rings. The molecule has 1 unspecified atom stereocenters. The summed E-state index contributed by atoms with van der Waals surface area (Å²) in [6, 6.07) is -0.122. The minimum atomic E-state index is -0.844. The normalized spacial score (nSPS) is 23.2. The van der Waals surface area contributed by atoms with Gasteiger partial charge >= 0.3 is 12.0 Å². The molecule has 1 aliphatic heterocycles. The molecule has 0 radical (unpaired) electrons. The van der Waals surface area contributed by atoms with Crippen molar-refractivity contribution < 1.29 is 19.8 Å². The lowest BCUT2D eigenvalue weighted by Crippen LogP contribution is -2.52. The Morgan fingerprint density at radius 3 is 2.63 bits per heavy atom. The molecule has 1 atom stereocenters. The summed E-state index contributed by atoms with van der Waals surface area (Å²) < 4.78 is 0. The van der Waals surface area contributed by atoms with Crippen molar-refractivity contribution in [3.8, 4) is 0 Å². The Labute approximate surface area is 114 Å². The van der Waals surface area contributed by atoms with Gasteiger partial charge in [0.1, 0.15) is 0 Å². The van der Waals surface area contributed by atoms with E-state index in [0.29, 0.717) is 38.9 Å². The van der Waals surface area contributed by atoms with Gasteiger partial charge in [-0.05, 0) is 33.1 Å². The predicted octanol–water partition coefficient (Wildman–Crippen LogP) is 0.997. The zero-order chi connectivity index (χ0) is 14.5. The lowest BCUT2D eigenvalue weighted by atomic mass is 9.82. The van der Waals surface area contributed by atoms with E-state index >= 15 is 0 Å². The van der Waals surface area contributed by atoms with Crippen LogP contribution in [0, 0.1) is 5.41 Å². The van der Waals surface area contributed by atoms with Crippen molar-refractivity contribution in [2.75, 3.05) is 32.8 Å². The topological polar surface area (TPSA) is 81.1 Å². The summed E-state index contributed by atoms with van der Waals surface area (Å²) in [5.74, 6) is -0.844. The maximum Gasteiger partial charge on any atom is 0.320 e. The standard InChI is InChI=1S/C13H24N2O4/c1-3-14(8-5-9-16)12(19)15-7-4-6-13(2,10-15)11(17)18/h16H,3-10H2,1-2H3,(H,17,18). The largest absolute Gasteiger partial charge is 0.481 e. The first-order chi connectivity index (χ1) is 8.94. The van der Waals surface area contributed by atoms with Crippen molar-refractivity contribution in [1.82, 2.24) is 9.80 Å². The number of carboxylic acid groups (broad SMARTS) is 1. The average molecular weight is 272 g/mol. The van der Waals surface area contributed by atoms with Crippen LogP contribution in [0.1, 0.15) is 33.1 Å². The van der Waals surface area contributed by atoms with Gasteiger partial charge in [-0.25, -0.2) is 4.79 Å². The first kappa shape index (κ1) is 15.8. The van der Waals surface area contributed by atoms with E-state index in [0.717, 1.165) is 0 Å². The SMILES string of the molecule is CCN(CCCO)C(=O)N1CCCC(C)(C(=O)O)C1.